The first kappa shape index (κ1) is 19.7. The van der Waals surface area contributed by atoms with Gasteiger partial charge in [0, 0.05) is 11.6 Å². The zero-order valence-electron chi connectivity index (χ0n) is 17.5. The standard InChI is InChI=1S/C24H32N2O4/c25-23(29)26(24-12-15-9-16(13-24)11-17(10-15)14-24)19-3-7-21(8-4-19)30-20-5-1-18(2-6-20)22(27)28/h1-2,5-6,15-17,19,21H,3-4,7-14H2,(H2,25,29)(H,27,28). The third kappa shape index (κ3) is 3.54. The molecule has 0 aromatic heterocycles. The molecular formula is C24H32N2O4. The van der Waals surface area contributed by atoms with Gasteiger partial charge in [-0.15, -0.1) is 0 Å². The number of urea groups is 1. The number of ether oxygens (including phenoxy) is 1. The van der Waals surface area contributed by atoms with Crippen LogP contribution in [0.1, 0.15) is 74.6 Å². The van der Waals surface area contributed by atoms with Crippen LogP contribution in [0.2, 0.25) is 0 Å². The minimum atomic E-state index is -0.932. The second-order valence-corrected chi connectivity index (χ2v) is 10.2. The Hall–Kier alpha value is -2.24. The van der Waals surface area contributed by atoms with Crippen LogP contribution in [0, 0.1) is 17.8 Å². The van der Waals surface area contributed by atoms with Crippen molar-refractivity contribution in [1.29, 1.82) is 0 Å². The number of aromatic carboxylic acids is 1. The van der Waals surface area contributed by atoms with Crippen molar-refractivity contribution in [2.75, 3.05) is 0 Å². The van der Waals surface area contributed by atoms with E-state index in [9.17, 15) is 9.59 Å². The van der Waals surface area contributed by atoms with Gasteiger partial charge in [0.25, 0.3) is 0 Å². The lowest BCUT2D eigenvalue weighted by Gasteiger charge is -2.61. The fourth-order valence-corrected chi connectivity index (χ4v) is 7.45. The molecule has 6 heteroatoms. The second-order valence-electron chi connectivity index (χ2n) is 10.2. The number of benzene rings is 1. The van der Waals surface area contributed by atoms with Crippen molar-refractivity contribution >= 4 is 12.0 Å². The first-order valence-electron chi connectivity index (χ1n) is 11.5. The van der Waals surface area contributed by atoms with Crippen molar-refractivity contribution in [2.24, 2.45) is 23.5 Å². The maximum absolute atomic E-state index is 12.6. The Morgan fingerprint density at radius 3 is 1.93 bits per heavy atom. The third-order valence-corrected chi connectivity index (χ3v) is 8.17. The zero-order valence-corrected chi connectivity index (χ0v) is 17.5. The summed E-state index contributed by atoms with van der Waals surface area (Å²) in [6.45, 7) is 0. The van der Waals surface area contributed by atoms with Gasteiger partial charge in [0.05, 0.1) is 11.7 Å². The Morgan fingerprint density at radius 2 is 1.47 bits per heavy atom. The van der Waals surface area contributed by atoms with Crippen molar-refractivity contribution in [2.45, 2.75) is 81.9 Å². The quantitative estimate of drug-likeness (QED) is 0.748. The molecule has 0 aliphatic heterocycles. The number of nitrogens with two attached hydrogens (primary N) is 1. The number of carboxylic acids is 1. The lowest BCUT2D eigenvalue weighted by molar-refractivity contribution is -0.0886. The van der Waals surface area contributed by atoms with E-state index in [-0.39, 0.29) is 29.3 Å². The van der Waals surface area contributed by atoms with Gasteiger partial charge in [-0.05, 0) is 106 Å². The Labute approximate surface area is 177 Å². The molecule has 6 nitrogen and oxygen atoms in total. The van der Waals surface area contributed by atoms with Gasteiger partial charge >= 0.3 is 12.0 Å². The monoisotopic (exact) mass is 412 g/mol. The van der Waals surface area contributed by atoms with Crippen molar-refractivity contribution < 1.29 is 19.4 Å². The number of rotatable bonds is 5. The highest BCUT2D eigenvalue weighted by Crippen LogP contribution is 2.58. The summed E-state index contributed by atoms with van der Waals surface area (Å²) in [7, 11) is 0. The van der Waals surface area contributed by atoms with Gasteiger partial charge in [-0.25, -0.2) is 9.59 Å². The van der Waals surface area contributed by atoms with Crippen LogP contribution in [-0.4, -0.2) is 39.7 Å². The average molecular weight is 413 g/mol. The summed E-state index contributed by atoms with van der Waals surface area (Å²) in [5.74, 6) is 2.12. The summed E-state index contributed by atoms with van der Waals surface area (Å²) in [6, 6.07) is 6.58. The fourth-order valence-electron chi connectivity index (χ4n) is 7.45. The van der Waals surface area contributed by atoms with E-state index < -0.39 is 5.97 Å². The predicted octanol–water partition coefficient (Wildman–Crippen LogP) is 4.42. The van der Waals surface area contributed by atoms with E-state index in [4.69, 9.17) is 15.6 Å². The molecule has 5 saturated carbocycles. The molecule has 5 aliphatic rings. The normalized spacial score (nSPS) is 37.0. The molecule has 0 atom stereocenters. The lowest BCUT2D eigenvalue weighted by atomic mass is 9.52. The predicted molar refractivity (Wildman–Crippen MR) is 112 cm³/mol. The number of hydrogen-bond donors (Lipinski definition) is 2. The Morgan fingerprint density at radius 1 is 0.933 bits per heavy atom. The van der Waals surface area contributed by atoms with Crippen LogP contribution in [0.25, 0.3) is 0 Å². The molecule has 0 unspecified atom stereocenters. The van der Waals surface area contributed by atoms with Crippen LogP contribution in [0.15, 0.2) is 24.3 Å². The summed E-state index contributed by atoms with van der Waals surface area (Å²) in [6.07, 6.45) is 11.2. The highest BCUT2D eigenvalue weighted by atomic mass is 16.5. The third-order valence-electron chi connectivity index (χ3n) is 8.17. The van der Waals surface area contributed by atoms with Crippen LogP contribution in [-0.2, 0) is 0 Å². The minimum Gasteiger partial charge on any atom is -0.490 e. The van der Waals surface area contributed by atoms with E-state index in [2.05, 4.69) is 4.90 Å². The van der Waals surface area contributed by atoms with E-state index >= 15 is 0 Å². The molecule has 0 spiro atoms. The maximum Gasteiger partial charge on any atom is 0.335 e. The van der Waals surface area contributed by atoms with Crippen molar-refractivity contribution in [3.05, 3.63) is 29.8 Å². The molecule has 162 valence electrons. The van der Waals surface area contributed by atoms with E-state index in [1.54, 1.807) is 24.3 Å². The maximum atomic E-state index is 12.6. The van der Waals surface area contributed by atoms with Crippen LogP contribution in [0.5, 0.6) is 5.75 Å². The second kappa shape index (κ2) is 7.47. The van der Waals surface area contributed by atoms with Gasteiger partial charge in [-0.1, -0.05) is 0 Å². The van der Waals surface area contributed by atoms with E-state index in [0.29, 0.717) is 5.75 Å². The Balaban J connectivity index is 1.24. The van der Waals surface area contributed by atoms with Gasteiger partial charge in [0.1, 0.15) is 5.75 Å². The van der Waals surface area contributed by atoms with Crippen LogP contribution in [0.4, 0.5) is 4.79 Å². The van der Waals surface area contributed by atoms with Crippen molar-refractivity contribution in [1.82, 2.24) is 4.90 Å². The number of carbonyl (C=O) groups is 2. The van der Waals surface area contributed by atoms with E-state index in [0.717, 1.165) is 62.7 Å². The molecule has 6 rings (SSSR count). The Kier molecular flexibility index (Phi) is 4.91. The number of amides is 2. The number of carbonyl (C=O) groups excluding carboxylic acids is 1. The molecular weight excluding hydrogens is 380 g/mol. The molecule has 0 heterocycles. The summed E-state index contributed by atoms with van der Waals surface area (Å²) in [5.41, 5.74) is 6.26. The van der Waals surface area contributed by atoms with Crippen LogP contribution < -0.4 is 10.5 Å². The number of hydrogen-bond acceptors (Lipinski definition) is 3. The highest BCUT2D eigenvalue weighted by Gasteiger charge is 2.56. The van der Waals surface area contributed by atoms with Crippen molar-refractivity contribution in [3.8, 4) is 5.75 Å². The Bertz CT molecular complexity index is 778. The van der Waals surface area contributed by atoms with Gasteiger partial charge in [-0.3, -0.25) is 0 Å². The zero-order chi connectivity index (χ0) is 20.9. The van der Waals surface area contributed by atoms with E-state index in [1.165, 1.54) is 19.3 Å². The highest BCUT2D eigenvalue weighted by molar-refractivity contribution is 5.87. The molecule has 1 aromatic rings. The van der Waals surface area contributed by atoms with Gasteiger partial charge in [0.15, 0.2) is 0 Å². The molecule has 2 amide bonds. The van der Waals surface area contributed by atoms with Crippen LogP contribution >= 0.6 is 0 Å². The summed E-state index contributed by atoms with van der Waals surface area (Å²) in [5, 5.41) is 9.03. The number of carboxylic acid groups (broad SMARTS) is 1. The average Bonchev–Trinajstić information content (AvgIpc) is 2.68. The molecule has 5 aliphatic carbocycles. The largest absolute Gasteiger partial charge is 0.490 e. The molecule has 0 radical (unpaired) electrons. The summed E-state index contributed by atoms with van der Waals surface area (Å²) >= 11 is 0. The van der Waals surface area contributed by atoms with Gasteiger partial charge in [-0.2, -0.15) is 0 Å². The smallest absolute Gasteiger partial charge is 0.335 e. The molecule has 30 heavy (non-hydrogen) atoms. The summed E-state index contributed by atoms with van der Waals surface area (Å²) in [4.78, 5) is 25.8. The molecule has 1 aromatic carbocycles. The fraction of sp³-hybridized carbons (Fsp3) is 0.667. The molecule has 4 bridgehead atoms. The number of primary amides is 1. The SMILES string of the molecule is NC(=O)N(C1CCC(Oc2ccc(C(=O)O)cc2)CC1)C12CC3CC(CC(C3)C1)C2. The van der Waals surface area contributed by atoms with Gasteiger partial charge < -0.3 is 20.5 Å². The van der Waals surface area contributed by atoms with Crippen LogP contribution in [0.3, 0.4) is 0 Å². The first-order valence-corrected chi connectivity index (χ1v) is 11.5. The number of nitrogens with zero attached hydrogens (tertiary/aromatic N) is 1. The minimum absolute atomic E-state index is 0.00556. The lowest BCUT2D eigenvalue weighted by Crippen LogP contribution is -2.65. The molecule has 0 saturated heterocycles. The molecule has 3 N–H and O–H groups in total. The topological polar surface area (TPSA) is 92.9 Å². The van der Waals surface area contributed by atoms with E-state index in [1.807, 2.05) is 0 Å². The van der Waals surface area contributed by atoms with Crippen molar-refractivity contribution in [3.63, 3.8) is 0 Å². The first-order chi connectivity index (χ1) is 14.4. The summed E-state index contributed by atoms with van der Waals surface area (Å²) < 4.78 is 6.10. The van der Waals surface area contributed by atoms with Gasteiger partial charge in [0.2, 0.25) is 0 Å². The molecule has 5 fully saturated rings.